The Morgan fingerprint density at radius 2 is 2.06 bits per heavy atom. The molecule has 1 aromatic heterocycles. The first-order valence-electron chi connectivity index (χ1n) is 5.53. The molecular weight excluding hydrogens is 198 g/mol. The van der Waals surface area contributed by atoms with E-state index in [0.29, 0.717) is 5.56 Å². The van der Waals surface area contributed by atoms with E-state index in [2.05, 4.69) is 44.1 Å². The van der Waals surface area contributed by atoms with E-state index in [-0.39, 0.29) is 11.0 Å². The van der Waals surface area contributed by atoms with E-state index in [9.17, 15) is 0 Å². The molecule has 0 bridgehead atoms. The van der Waals surface area contributed by atoms with Crippen molar-refractivity contribution >= 4 is 0 Å². The van der Waals surface area contributed by atoms with E-state index < -0.39 is 0 Å². The molecule has 3 nitrogen and oxygen atoms in total. The van der Waals surface area contributed by atoms with Gasteiger partial charge in [-0.1, -0.05) is 13.8 Å². The highest BCUT2D eigenvalue weighted by Gasteiger charge is 2.37. The number of fused-ring (bicyclic) bond motifs is 1. The highest BCUT2D eigenvalue weighted by atomic mass is 15.0. The molecular formula is C13H17N3. The van der Waals surface area contributed by atoms with E-state index >= 15 is 0 Å². The summed E-state index contributed by atoms with van der Waals surface area (Å²) in [7, 11) is 0. The summed E-state index contributed by atoms with van der Waals surface area (Å²) in [6, 6.07) is 4.14. The van der Waals surface area contributed by atoms with Crippen LogP contribution in [0.5, 0.6) is 0 Å². The van der Waals surface area contributed by atoms with E-state index in [4.69, 9.17) is 5.26 Å². The largest absolute Gasteiger partial charge is 0.306 e. The van der Waals surface area contributed by atoms with Crippen molar-refractivity contribution in [3.63, 3.8) is 0 Å². The zero-order valence-corrected chi connectivity index (χ0v) is 10.3. The first-order chi connectivity index (χ1) is 7.37. The van der Waals surface area contributed by atoms with Gasteiger partial charge in [0.15, 0.2) is 0 Å². The molecule has 0 aromatic carbocycles. The van der Waals surface area contributed by atoms with Crippen molar-refractivity contribution in [2.75, 3.05) is 6.54 Å². The second-order valence-corrected chi connectivity index (χ2v) is 5.59. The number of hydrogen-bond donors (Lipinski definition) is 1. The monoisotopic (exact) mass is 215 g/mol. The van der Waals surface area contributed by atoms with Crippen molar-refractivity contribution in [2.45, 2.75) is 38.6 Å². The molecule has 1 aromatic rings. The molecule has 1 aliphatic rings. The van der Waals surface area contributed by atoms with Crippen LogP contribution in [0.15, 0.2) is 12.3 Å². The maximum Gasteiger partial charge on any atom is 0.101 e. The third-order valence-electron chi connectivity index (χ3n) is 3.31. The lowest BCUT2D eigenvalue weighted by atomic mass is 9.75. The van der Waals surface area contributed by atoms with Crippen LogP contribution in [0, 0.1) is 11.3 Å². The molecule has 0 unspecified atom stereocenters. The van der Waals surface area contributed by atoms with Gasteiger partial charge in [-0.25, -0.2) is 0 Å². The molecule has 1 N–H and O–H groups in total. The Labute approximate surface area is 96.5 Å². The van der Waals surface area contributed by atoms with Crippen LogP contribution in [-0.4, -0.2) is 11.5 Å². The average Bonchev–Trinajstić information content (AvgIpc) is 2.24. The molecule has 0 fully saturated rings. The Balaban J connectivity index is 2.66. The molecule has 0 spiro atoms. The Bertz CT molecular complexity index is 467. The second kappa shape index (κ2) is 3.29. The van der Waals surface area contributed by atoms with Gasteiger partial charge in [0.05, 0.1) is 16.8 Å². The first kappa shape index (κ1) is 11.1. The average molecular weight is 215 g/mol. The van der Waals surface area contributed by atoms with E-state index in [1.807, 2.05) is 6.07 Å². The molecule has 84 valence electrons. The van der Waals surface area contributed by atoms with E-state index in [1.54, 1.807) is 6.20 Å². The number of aromatic nitrogens is 1. The molecule has 2 heterocycles. The van der Waals surface area contributed by atoms with Crippen molar-refractivity contribution in [3.8, 4) is 6.07 Å². The van der Waals surface area contributed by atoms with Gasteiger partial charge in [-0.2, -0.15) is 5.26 Å². The third-order valence-corrected chi connectivity index (χ3v) is 3.31. The van der Waals surface area contributed by atoms with Crippen molar-refractivity contribution in [2.24, 2.45) is 0 Å². The SMILES string of the molecule is CC1(C)CNC(C)(C)c2ncc(C#N)cc21. The van der Waals surface area contributed by atoms with Gasteiger partial charge >= 0.3 is 0 Å². The van der Waals surface area contributed by atoms with Crippen molar-refractivity contribution in [1.29, 1.82) is 5.26 Å². The molecule has 1 aliphatic heterocycles. The number of rotatable bonds is 0. The van der Waals surface area contributed by atoms with Crippen LogP contribution in [0.1, 0.15) is 44.5 Å². The summed E-state index contributed by atoms with van der Waals surface area (Å²) in [4.78, 5) is 4.45. The minimum Gasteiger partial charge on any atom is -0.306 e. The quantitative estimate of drug-likeness (QED) is 0.720. The predicted molar refractivity (Wildman–Crippen MR) is 63.0 cm³/mol. The summed E-state index contributed by atoms with van der Waals surface area (Å²) < 4.78 is 0. The van der Waals surface area contributed by atoms with Crippen molar-refractivity contribution in [1.82, 2.24) is 10.3 Å². The highest BCUT2D eigenvalue weighted by molar-refractivity contribution is 5.41. The van der Waals surface area contributed by atoms with E-state index in [1.165, 1.54) is 5.56 Å². The van der Waals surface area contributed by atoms with Crippen molar-refractivity contribution in [3.05, 3.63) is 29.1 Å². The second-order valence-electron chi connectivity index (χ2n) is 5.59. The Hall–Kier alpha value is -1.40. The normalized spacial score (nSPS) is 20.9. The number of nitrogens with one attached hydrogen (secondary N) is 1. The summed E-state index contributed by atoms with van der Waals surface area (Å²) in [6.45, 7) is 9.51. The van der Waals surface area contributed by atoms with Gasteiger partial charge < -0.3 is 5.32 Å². The summed E-state index contributed by atoms with van der Waals surface area (Å²) in [5.74, 6) is 0. The molecule has 0 amide bonds. The Morgan fingerprint density at radius 1 is 1.38 bits per heavy atom. The van der Waals surface area contributed by atoms with Crippen LogP contribution in [0.25, 0.3) is 0 Å². The fourth-order valence-corrected chi connectivity index (χ4v) is 2.16. The summed E-state index contributed by atoms with van der Waals surface area (Å²) in [6.07, 6.45) is 1.66. The van der Waals surface area contributed by atoms with Gasteiger partial charge in [0, 0.05) is 18.2 Å². The lowest BCUT2D eigenvalue weighted by Gasteiger charge is -2.41. The minimum atomic E-state index is -0.112. The maximum absolute atomic E-state index is 8.93. The molecule has 0 aliphatic carbocycles. The standard InChI is InChI=1S/C13H17N3/c1-12(2)8-16-13(3,4)11-10(12)5-9(6-14)7-15-11/h5,7,16H,8H2,1-4H3. The fourth-order valence-electron chi connectivity index (χ4n) is 2.16. The van der Waals surface area contributed by atoms with E-state index in [0.717, 1.165) is 12.2 Å². The van der Waals surface area contributed by atoms with Crippen LogP contribution < -0.4 is 5.32 Å². The van der Waals surface area contributed by atoms with Gasteiger partial charge in [-0.3, -0.25) is 4.98 Å². The summed E-state index contributed by atoms with van der Waals surface area (Å²) in [5, 5.41) is 12.4. The molecule has 0 saturated heterocycles. The van der Waals surface area contributed by atoms with Gasteiger partial charge in [-0.05, 0) is 25.5 Å². The third kappa shape index (κ3) is 1.60. The Kier molecular flexibility index (Phi) is 2.28. The molecule has 0 atom stereocenters. The maximum atomic E-state index is 8.93. The lowest BCUT2D eigenvalue weighted by Crippen LogP contribution is -2.50. The Morgan fingerprint density at radius 3 is 2.69 bits per heavy atom. The van der Waals surface area contributed by atoms with Gasteiger partial charge in [0.2, 0.25) is 0 Å². The number of nitrogens with zero attached hydrogens (tertiary/aromatic N) is 2. The molecule has 0 radical (unpaired) electrons. The predicted octanol–water partition coefficient (Wildman–Crippen LogP) is 2.07. The molecule has 0 saturated carbocycles. The minimum absolute atomic E-state index is 0.0325. The van der Waals surface area contributed by atoms with Gasteiger partial charge in [-0.15, -0.1) is 0 Å². The van der Waals surface area contributed by atoms with Gasteiger partial charge in [0.25, 0.3) is 0 Å². The van der Waals surface area contributed by atoms with Crippen LogP contribution in [0.3, 0.4) is 0 Å². The van der Waals surface area contributed by atoms with Crippen molar-refractivity contribution < 1.29 is 0 Å². The van der Waals surface area contributed by atoms with Crippen LogP contribution in [0.2, 0.25) is 0 Å². The molecule has 16 heavy (non-hydrogen) atoms. The highest BCUT2D eigenvalue weighted by Crippen LogP contribution is 2.36. The first-order valence-corrected chi connectivity index (χ1v) is 5.53. The van der Waals surface area contributed by atoms with Crippen LogP contribution >= 0.6 is 0 Å². The molecule has 3 heteroatoms. The summed E-state index contributed by atoms with van der Waals surface area (Å²) >= 11 is 0. The van der Waals surface area contributed by atoms with Crippen LogP contribution in [0.4, 0.5) is 0 Å². The number of pyridine rings is 1. The van der Waals surface area contributed by atoms with Gasteiger partial charge in [0.1, 0.15) is 6.07 Å². The zero-order valence-electron chi connectivity index (χ0n) is 10.3. The van der Waals surface area contributed by atoms with Crippen LogP contribution in [-0.2, 0) is 11.0 Å². The molecule has 2 rings (SSSR count). The topological polar surface area (TPSA) is 48.7 Å². The smallest absolute Gasteiger partial charge is 0.101 e. The fraction of sp³-hybridized carbons (Fsp3) is 0.538. The zero-order chi connectivity index (χ0) is 12.0. The lowest BCUT2D eigenvalue weighted by molar-refractivity contribution is 0.298. The number of hydrogen-bond acceptors (Lipinski definition) is 3. The summed E-state index contributed by atoms with van der Waals surface area (Å²) in [5.41, 5.74) is 2.81. The number of nitriles is 1.